The molecule has 1 aliphatic carbocycles. The zero-order valence-corrected chi connectivity index (χ0v) is 11.9. The number of anilines is 1. The van der Waals surface area contributed by atoms with Crippen molar-refractivity contribution in [2.75, 3.05) is 11.4 Å². The Morgan fingerprint density at radius 3 is 2.76 bits per heavy atom. The Balaban J connectivity index is 2.00. The SMILES string of the molecule is I[C@]12CC=CCC=C1CCN2c1ccccc1. The average molecular weight is 337 g/mol. The topological polar surface area (TPSA) is 3.24 Å². The fourth-order valence-corrected chi connectivity index (χ4v) is 4.03. The molecule has 1 aromatic carbocycles. The molecule has 17 heavy (non-hydrogen) atoms. The predicted octanol–water partition coefficient (Wildman–Crippen LogP) is 4.30. The van der Waals surface area contributed by atoms with Gasteiger partial charge in [0, 0.05) is 18.7 Å². The predicted molar refractivity (Wildman–Crippen MR) is 81.6 cm³/mol. The summed E-state index contributed by atoms with van der Waals surface area (Å²) in [7, 11) is 0. The first-order chi connectivity index (χ1) is 8.31. The van der Waals surface area contributed by atoms with Gasteiger partial charge in [-0.3, -0.25) is 0 Å². The molecule has 0 saturated carbocycles. The van der Waals surface area contributed by atoms with Gasteiger partial charge in [0.25, 0.3) is 0 Å². The smallest absolute Gasteiger partial charge is 0.117 e. The number of alkyl halides is 1. The number of benzene rings is 1. The van der Waals surface area contributed by atoms with Crippen LogP contribution in [0.25, 0.3) is 0 Å². The molecule has 0 unspecified atom stereocenters. The van der Waals surface area contributed by atoms with Gasteiger partial charge in [0.1, 0.15) is 3.55 Å². The molecule has 0 amide bonds. The molecule has 2 heteroatoms. The van der Waals surface area contributed by atoms with Crippen molar-refractivity contribution >= 4 is 28.3 Å². The Hall–Kier alpha value is -0.770. The minimum Gasteiger partial charge on any atom is -0.353 e. The summed E-state index contributed by atoms with van der Waals surface area (Å²) < 4.78 is 0.173. The Morgan fingerprint density at radius 1 is 1.12 bits per heavy atom. The lowest BCUT2D eigenvalue weighted by molar-refractivity contribution is 0.734. The van der Waals surface area contributed by atoms with Gasteiger partial charge in [-0.15, -0.1) is 0 Å². The first kappa shape index (κ1) is 11.3. The number of hydrogen-bond acceptors (Lipinski definition) is 1. The van der Waals surface area contributed by atoms with Crippen LogP contribution in [0.2, 0.25) is 0 Å². The Morgan fingerprint density at radius 2 is 1.94 bits per heavy atom. The van der Waals surface area contributed by atoms with Gasteiger partial charge in [0.15, 0.2) is 0 Å². The van der Waals surface area contributed by atoms with Crippen molar-refractivity contribution in [1.29, 1.82) is 0 Å². The van der Waals surface area contributed by atoms with E-state index >= 15 is 0 Å². The van der Waals surface area contributed by atoms with Crippen molar-refractivity contribution in [2.45, 2.75) is 22.8 Å². The van der Waals surface area contributed by atoms with E-state index in [4.69, 9.17) is 0 Å². The summed E-state index contributed by atoms with van der Waals surface area (Å²) in [5, 5.41) is 0. The van der Waals surface area contributed by atoms with Crippen molar-refractivity contribution in [3.8, 4) is 0 Å². The minimum atomic E-state index is 0.173. The van der Waals surface area contributed by atoms with E-state index in [9.17, 15) is 0 Å². The van der Waals surface area contributed by atoms with Gasteiger partial charge in [-0.1, -0.05) is 36.4 Å². The molecule has 1 nitrogen and oxygen atoms in total. The normalized spacial score (nSPS) is 27.6. The number of hydrogen-bond donors (Lipinski definition) is 0. The van der Waals surface area contributed by atoms with Gasteiger partial charge in [-0.25, -0.2) is 0 Å². The third-order valence-electron chi connectivity index (χ3n) is 3.65. The van der Waals surface area contributed by atoms with Gasteiger partial charge in [0.05, 0.1) is 0 Å². The molecule has 0 bridgehead atoms. The van der Waals surface area contributed by atoms with E-state index < -0.39 is 0 Å². The molecule has 1 fully saturated rings. The van der Waals surface area contributed by atoms with E-state index in [1.165, 1.54) is 12.1 Å². The first-order valence-corrected chi connectivity index (χ1v) is 7.25. The zero-order valence-electron chi connectivity index (χ0n) is 9.77. The summed E-state index contributed by atoms with van der Waals surface area (Å²) in [6.45, 7) is 1.15. The van der Waals surface area contributed by atoms with Crippen LogP contribution in [0.5, 0.6) is 0 Å². The van der Waals surface area contributed by atoms with Crippen molar-refractivity contribution in [1.82, 2.24) is 0 Å². The van der Waals surface area contributed by atoms with Crippen LogP contribution in [0.15, 0.2) is 54.1 Å². The summed E-state index contributed by atoms with van der Waals surface area (Å²) in [5.41, 5.74) is 2.95. The summed E-state index contributed by atoms with van der Waals surface area (Å²) in [6, 6.07) is 10.8. The molecule has 1 aliphatic heterocycles. The first-order valence-electron chi connectivity index (χ1n) is 6.17. The molecule has 0 spiro atoms. The average Bonchev–Trinajstić information content (AvgIpc) is 2.56. The van der Waals surface area contributed by atoms with E-state index in [-0.39, 0.29) is 3.55 Å². The van der Waals surface area contributed by atoms with E-state index in [0.29, 0.717) is 0 Å². The molecule has 1 saturated heterocycles. The third kappa shape index (κ3) is 1.92. The maximum atomic E-state index is 2.64. The molecule has 3 rings (SSSR count). The molecular formula is C15H16IN. The summed E-state index contributed by atoms with van der Waals surface area (Å²) in [6.07, 6.45) is 10.5. The molecular weight excluding hydrogens is 321 g/mol. The van der Waals surface area contributed by atoms with Crippen molar-refractivity contribution in [2.24, 2.45) is 0 Å². The summed E-state index contributed by atoms with van der Waals surface area (Å²) in [5.74, 6) is 0. The summed E-state index contributed by atoms with van der Waals surface area (Å²) in [4.78, 5) is 2.55. The van der Waals surface area contributed by atoms with E-state index in [1.54, 1.807) is 5.57 Å². The number of fused-ring (bicyclic) bond motifs is 1. The highest BCUT2D eigenvalue weighted by atomic mass is 127. The number of halogens is 1. The lowest BCUT2D eigenvalue weighted by atomic mass is 10.1. The third-order valence-corrected chi connectivity index (χ3v) is 5.36. The van der Waals surface area contributed by atoms with Crippen LogP contribution in [-0.2, 0) is 0 Å². The molecule has 0 radical (unpaired) electrons. The largest absolute Gasteiger partial charge is 0.353 e. The molecule has 1 heterocycles. The standard InChI is InChI=1S/C15H16IN/c16-15-11-6-2-3-7-13(15)10-12-17(15)14-8-4-1-5-9-14/h1-2,4-9H,3,10-12H2/t15-/m0/s1. The van der Waals surface area contributed by atoms with Gasteiger partial charge >= 0.3 is 0 Å². The second-order valence-corrected chi connectivity index (χ2v) is 6.42. The fourth-order valence-electron chi connectivity index (χ4n) is 2.76. The number of allylic oxidation sites excluding steroid dienone is 2. The van der Waals surface area contributed by atoms with Crippen molar-refractivity contribution in [3.63, 3.8) is 0 Å². The minimum absolute atomic E-state index is 0.173. The highest BCUT2D eigenvalue weighted by Crippen LogP contribution is 2.46. The quantitative estimate of drug-likeness (QED) is 0.320. The van der Waals surface area contributed by atoms with Gasteiger partial charge in [0.2, 0.25) is 0 Å². The summed E-state index contributed by atoms with van der Waals surface area (Å²) >= 11 is 2.64. The monoisotopic (exact) mass is 337 g/mol. The molecule has 1 aromatic rings. The molecule has 88 valence electrons. The van der Waals surface area contributed by atoms with Gasteiger partial charge in [-0.2, -0.15) is 0 Å². The molecule has 0 aromatic heterocycles. The maximum absolute atomic E-state index is 2.64. The highest BCUT2D eigenvalue weighted by molar-refractivity contribution is 14.1. The van der Waals surface area contributed by atoms with Crippen LogP contribution >= 0.6 is 22.6 Å². The molecule has 1 atom stereocenters. The fraction of sp³-hybridized carbons (Fsp3) is 0.333. The van der Waals surface area contributed by atoms with Gasteiger partial charge < -0.3 is 4.90 Å². The van der Waals surface area contributed by atoms with E-state index in [1.807, 2.05) is 0 Å². The zero-order chi connectivity index (χ0) is 11.7. The van der Waals surface area contributed by atoms with Crippen LogP contribution in [0.3, 0.4) is 0 Å². The molecule has 0 N–H and O–H groups in total. The Bertz CT molecular complexity index is 463. The number of nitrogens with zero attached hydrogens (tertiary/aromatic N) is 1. The van der Waals surface area contributed by atoms with Crippen LogP contribution in [-0.4, -0.2) is 10.1 Å². The number of para-hydroxylation sites is 1. The highest BCUT2D eigenvalue weighted by Gasteiger charge is 2.41. The Kier molecular flexibility index (Phi) is 2.99. The second-order valence-electron chi connectivity index (χ2n) is 4.64. The Labute approximate surface area is 116 Å². The van der Waals surface area contributed by atoms with Crippen molar-refractivity contribution in [3.05, 3.63) is 54.1 Å². The van der Waals surface area contributed by atoms with E-state index in [2.05, 4.69) is 76.1 Å². The van der Waals surface area contributed by atoms with E-state index in [0.717, 1.165) is 19.4 Å². The lowest BCUT2D eigenvalue weighted by Crippen LogP contribution is -2.38. The van der Waals surface area contributed by atoms with Crippen LogP contribution in [0.4, 0.5) is 5.69 Å². The van der Waals surface area contributed by atoms with Crippen LogP contribution in [0, 0.1) is 0 Å². The second kappa shape index (κ2) is 4.48. The van der Waals surface area contributed by atoms with Crippen LogP contribution in [0.1, 0.15) is 19.3 Å². The van der Waals surface area contributed by atoms with Crippen LogP contribution < -0.4 is 4.90 Å². The maximum Gasteiger partial charge on any atom is 0.117 e. The molecule has 2 aliphatic rings. The van der Waals surface area contributed by atoms with Crippen molar-refractivity contribution < 1.29 is 0 Å². The van der Waals surface area contributed by atoms with Gasteiger partial charge in [-0.05, 0) is 53.1 Å². The number of rotatable bonds is 1. The lowest BCUT2D eigenvalue weighted by Gasteiger charge is -2.35.